The van der Waals surface area contributed by atoms with Gasteiger partial charge in [0.25, 0.3) is 0 Å². The van der Waals surface area contributed by atoms with E-state index in [1.807, 2.05) is 49.7 Å². The van der Waals surface area contributed by atoms with Crippen LogP contribution in [-0.4, -0.2) is 21.5 Å². The van der Waals surface area contributed by atoms with E-state index in [-0.39, 0.29) is 12.1 Å². The van der Waals surface area contributed by atoms with Crippen LogP contribution in [0.25, 0.3) is 5.65 Å². The van der Waals surface area contributed by atoms with Crippen molar-refractivity contribution in [3.8, 4) is 0 Å². The Kier molecular flexibility index (Phi) is 2.99. The molecule has 0 bridgehead atoms. The van der Waals surface area contributed by atoms with Crippen molar-refractivity contribution in [3.63, 3.8) is 0 Å². The molecule has 17 heavy (non-hydrogen) atoms. The smallest absolute Gasteiger partial charge is 0.319 e. The fourth-order valence-corrected chi connectivity index (χ4v) is 1.62. The highest BCUT2D eigenvalue weighted by Gasteiger charge is 2.04. The zero-order valence-electron chi connectivity index (χ0n) is 10.2. The maximum atomic E-state index is 11.5. The predicted molar refractivity (Wildman–Crippen MR) is 67.2 cm³/mol. The summed E-state index contributed by atoms with van der Waals surface area (Å²) in [5.74, 6) is 0. The van der Waals surface area contributed by atoms with Crippen LogP contribution < -0.4 is 10.6 Å². The molecule has 90 valence electrons. The van der Waals surface area contributed by atoms with E-state index in [1.165, 1.54) is 0 Å². The molecule has 2 heterocycles. The van der Waals surface area contributed by atoms with Gasteiger partial charge >= 0.3 is 6.03 Å². The Morgan fingerprint density at radius 3 is 2.82 bits per heavy atom. The van der Waals surface area contributed by atoms with Crippen LogP contribution in [-0.2, 0) is 0 Å². The van der Waals surface area contributed by atoms with Gasteiger partial charge < -0.3 is 15.0 Å². The number of imidazole rings is 1. The van der Waals surface area contributed by atoms with Crippen molar-refractivity contribution in [2.75, 3.05) is 5.32 Å². The van der Waals surface area contributed by atoms with Crippen molar-refractivity contribution in [1.82, 2.24) is 14.7 Å². The number of anilines is 1. The third-order valence-corrected chi connectivity index (χ3v) is 2.25. The number of amides is 2. The Bertz CT molecular complexity index is 544. The molecule has 0 aliphatic carbocycles. The quantitative estimate of drug-likeness (QED) is 0.833. The second-order valence-electron chi connectivity index (χ2n) is 4.32. The SMILES string of the molecule is Cc1cn2cc(NC(=O)NC(C)C)ccc2n1. The molecule has 2 aromatic heterocycles. The van der Waals surface area contributed by atoms with E-state index in [0.29, 0.717) is 0 Å². The average molecular weight is 232 g/mol. The second-order valence-corrected chi connectivity index (χ2v) is 4.32. The van der Waals surface area contributed by atoms with E-state index < -0.39 is 0 Å². The lowest BCUT2D eigenvalue weighted by atomic mass is 10.4. The molecule has 0 saturated carbocycles. The molecule has 0 fully saturated rings. The summed E-state index contributed by atoms with van der Waals surface area (Å²) >= 11 is 0. The normalized spacial score (nSPS) is 10.8. The lowest BCUT2D eigenvalue weighted by molar-refractivity contribution is 0.250. The lowest BCUT2D eigenvalue weighted by Gasteiger charge is -2.10. The zero-order valence-corrected chi connectivity index (χ0v) is 10.2. The predicted octanol–water partition coefficient (Wildman–Crippen LogP) is 2.17. The molecule has 2 aromatic rings. The average Bonchev–Trinajstić information content (AvgIpc) is 2.55. The summed E-state index contributed by atoms with van der Waals surface area (Å²) in [6, 6.07) is 3.63. The van der Waals surface area contributed by atoms with Gasteiger partial charge in [-0.25, -0.2) is 9.78 Å². The number of carbonyl (C=O) groups excluding carboxylic acids is 1. The van der Waals surface area contributed by atoms with Crippen molar-refractivity contribution in [3.05, 3.63) is 30.2 Å². The summed E-state index contributed by atoms with van der Waals surface area (Å²) in [6.45, 7) is 5.77. The second kappa shape index (κ2) is 4.45. The Labute approximate surface area is 99.9 Å². The van der Waals surface area contributed by atoms with E-state index in [9.17, 15) is 4.79 Å². The number of rotatable bonds is 2. The molecule has 0 spiro atoms. The van der Waals surface area contributed by atoms with E-state index in [2.05, 4.69) is 15.6 Å². The highest BCUT2D eigenvalue weighted by atomic mass is 16.2. The van der Waals surface area contributed by atoms with E-state index in [0.717, 1.165) is 17.0 Å². The minimum Gasteiger partial charge on any atom is -0.336 e. The van der Waals surface area contributed by atoms with Crippen LogP contribution >= 0.6 is 0 Å². The van der Waals surface area contributed by atoms with Gasteiger partial charge in [0.15, 0.2) is 0 Å². The summed E-state index contributed by atoms with van der Waals surface area (Å²) in [5.41, 5.74) is 2.57. The van der Waals surface area contributed by atoms with Crippen LogP contribution in [0.15, 0.2) is 24.5 Å². The van der Waals surface area contributed by atoms with Gasteiger partial charge in [-0.15, -0.1) is 0 Å². The molecular weight excluding hydrogens is 216 g/mol. The Morgan fingerprint density at radius 2 is 2.12 bits per heavy atom. The van der Waals surface area contributed by atoms with Gasteiger partial charge in [-0.1, -0.05) is 0 Å². The van der Waals surface area contributed by atoms with Crippen molar-refractivity contribution in [1.29, 1.82) is 0 Å². The van der Waals surface area contributed by atoms with Gasteiger partial charge in [0.1, 0.15) is 5.65 Å². The van der Waals surface area contributed by atoms with Gasteiger partial charge in [-0.05, 0) is 32.9 Å². The molecule has 0 radical (unpaired) electrons. The van der Waals surface area contributed by atoms with Crippen LogP contribution in [0, 0.1) is 6.92 Å². The monoisotopic (exact) mass is 232 g/mol. The first-order chi connectivity index (χ1) is 8.04. The van der Waals surface area contributed by atoms with Gasteiger partial charge in [0, 0.05) is 18.4 Å². The van der Waals surface area contributed by atoms with Crippen LogP contribution in [0.1, 0.15) is 19.5 Å². The third-order valence-electron chi connectivity index (χ3n) is 2.25. The van der Waals surface area contributed by atoms with Crippen molar-refractivity contribution < 1.29 is 4.79 Å². The first-order valence-corrected chi connectivity index (χ1v) is 5.57. The summed E-state index contributed by atoms with van der Waals surface area (Å²) < 4.78 is 1.89. The van der Waals surface area contributed by atoms with Crippen molar-refractivity contribution >= 4 is 17.4 Å². The molecule has 2 rings (SSSR count). The number of carbonyl (C=O) groups is 1. The number of pyridine rings is 1. The summed E-state index contributed by atoms with van der Waals surface area (Å²) in [5, 5.41) is 5.55. The number of nitrogens with one attached hydrogen (secondary N) is 2. The number of hydrogen-bond donors (Lipinski definition) is 2. The lowest BCUT2D eigenvalue weighted by Crippen LogP contribution is -2.34. The van der Waals surface area contributed by atoms with Crippen molar-refractivity contribution in [2.24, 2.45) is 0 Å². The number of aromatic nitrogens is 2. The Balaban J connectivity index is 2.16. The molecular formula is C12H16N4O. The molecule has 0 aliphatic heterocycles. The number of hydrogen-bond acceptors (Lipinski definition) is 2. The molecule has 0 aliphatic rings. The van der Waals surface area contributed by atoms with Gasteiger partial charge in [-0.3, -0.25) is 0 Å². The van der Waals surface area contributed by atoms with Crippen LogP contribution in [0.3, 0.4) is 0 Å². The van der Waals surface area contributed by atoms with E-state index in [4.69, 9.17) is 0 Å². The fraction of sp³-hybridized carbons (Fsp3) is 0.333. The third kappa shape index (κ3) is 2.75. The Morgan fingerprint density at radius 1 is 1.35 bits per heavy atom. The van der Waals surface area contributed by atoms with Crippen LogP contribution in [0.5, 0.6) is 0 Å². The molecule has 0 saturated heterocycles. The number of urea groups is 1. The van der Waals surface area contributed by atoms with Gasteiger partial charge in [0.05, 0.1) is 11.4 Å². The highest BCUT2D eigenvalue weighted by molar-refractivity contribution is 5.89. The number of aryl methyl sites for hydroxylation is 1. The fourth-order valence-electron chi connectivity index (χ4n) is 1.62. The Hall–Kier alpha value is -2.04. The number of fused-ring (bicyclic) bond motifs is 1. The van der Waals surface area contributed by atoms with Crippen LogP contribution in [0.4, 0.5) is 10.5 Å². The largest absolute Gasteiger partial charge is 0.336 e. The minimum absolute atomic E-state index is 0.120. The minimum atomic E-state index is -0.198. The maximum absolute atomic E-state index is 11.5. The van der Waals surface area contributed by atoms with E-state index in [1.54, 1.807) is 0 Å². The molecule has 5 heteroatoms. The van der Waals surface area contributed by atoms with Gasteiger partial charge in [-0.2, -0.15) is 0 Å². The summed E-state index contributed by atoms with van der Waals surface area (Å²) in [7, 11) is 0. The van der Waals surface area contributed by atoms with E-state index >= 15 is 0 Å². The molecule has 0 unspecified atom stereocenters. The highest BCUT2D eigenvalue weighted by Crippen LogP contribution is 2.11. The maximum Gasteiger partial charge on any atom is 0.319 e. The molecule has 2 amide bonds. The van der Waals surface area contributed by atoms with Crippen molar-refractivity contribution in [2.45, 2.75) is 26.8 Å². The molecule has 0 aromatic carbocycles. The van der Waals surface area contributed by atoms with Crippen LogP contribution in [0.2, 0.25) is 0 Å². The first kappa shape index (κ1) is 11.4. The molecule has 0 atom stereocenters. The first-order valence-electron chi connectivity index (χ1n) is 5.57. The van der Waals surface area contributed by atoms with Gasteiger partial charge in [0.2, 0.25) is 0 Å². The zero-order chi connectivity index (χ0) is 12.4. The topological polar surface area (TPSA) is 58.4 Å². The number of nitrogens with zero attached hydrogens (tertiary/aromatic N) is 2. The molecule has 2 N–H and O–H groups in total. The summed E-state index contributed by atoms with van der Waals surface area (Å²) in [4.78, 5) is 15.8. The standard InChI is InChI=1S/C12H16N4O/c1-8(2)13-12(17)15-10-4-5-11-14-9(3)6-16(11)7-10/h4-8H,1-3H3,(H2,13,15,17). The summed E-state index contributed by atoms with van der Waals surface area (Å²) in [6.07, 6.45) is 3.76. The molecule has 5 nitrogen and oxygen atoms in total.